The molecule has 19 heavy (non-hydrogen) atoms. The fraction of sp³-hybridized carbons (Fsp3) is 0.562. The molecule has 0 radical (unpaired) electrons. The summed E-state index contributed by atoms with van der Waals surface area (Å²) in [5.74, 6) is 1.22. The maximum atomic E-state index is 12.6. The van der Waals surface area contributed by atoms with Gasteiger partial charge in [-0.2, -0.15) is 0 Å². The van der Waals surface area contributed by atoms with E-state index in [0.717, 1.165) is 35.0 Å². The van der Waals surface area contributed by atoms with Crippen LogP contribution in [-0.2, 0) is 0 Å². The summed E-state index contributed by atoms with van der Waals surface area (Å²) in [6.07, 6.45) is 3.31. The minimum Gasteiger partial charge on any atom is -0.493 e. The number of Topliss-reactive ketones (excluding diaryl/α,β-unsaturated/α-hetero) is 1. The fourth-order valence-corrected chi connectivity index (χ4v) is 3.43. The Morgan fingerprint density at radius 1 is 1.47 bits per heavy atom. The second-order valence-electron chi connectivity index (χ2n) is 5.88. The van der Waals surface area contributed by atoms with Gasteiger partial charge in [-0.05, 0) is 59.3 Å². The Kier molecular flexibility index (Phi) is 4.34. The van der Waals surface area contributed by atoms with Crippen molar-refractivity contribution in [3.8, 4) is 5.75 Å². The zero-order valence-electron chi connectivity index (χ0n) is 11.8. The van der Waals surface area contributed by atoms with E-state index in [-0.39, 0.29) is 17.1 Å². The monoisotopic (exact) mass is 324 g/mol. The first-order valence-electron chi connectivity index (χ1n) is 6.92. The van der Waals surface area contributed by atoms with E-state index in [9.17, 15) is 4.79 Å². The molecule has 0 amide bonds. The summed E-state index contributed by atoms with van der Waals surface area (Å²) in [7, 11) is 0. The van der Waals surface area contributed by atoms with E-state index in [0.29, 0.717) is 6.61 Å². The van der Waals surface area contributed by atoms with Crippen LogP contribution in [0.1, 0.15) is 50.4 Å². The Morgan fingerprint density at radius 3 is 2.74 bits per heavy atom. The van der Waals surface area contributed by atoms with Crippen molar-refractivity contribution >= 4 is 21.7 Å². The molecule has 1 unspecified atom stereocenters. The first kappa shape index (κ1) is 14.6. The standard InChI is InChI=1S/C16H21BrO2/c1-4-19-14-8-7-11(10-13(14)17)15(18)12-6-5-9-16(12,2)3/h7-8,10,12H,4-6,9H2,1-3H3. The molecule has 0 aromatic heterocycles. The Balaban J connectivity index is 2.22. The lowest BCUT2D eigenvalue weighted by Crippen LogP contribution is -2.25. The van der Waals surface area contributed by atoms with Gasteiger partial charge in [-0.1, -0.05) is 20.3 Å². The molecule has 0 aliphatic heterocycles. The van der Waals surface area contributed by atoms with Gasteiger partial charge in [0.1, 0.15) is 5.75 Å². The molecule has 1 aliphatic rings. The van der Waals surface area contributed by atoms with Crippen LogP contribution in [0, 0.1) is 11.3 Å². The van der Waals surface area contributed by atoms with Gasteiger partial charge in [0, 0.05) is 11.5 Å². The molecule has 1 aromatic rings. The first-order valence-corrected chi connectivity index (χ1v) is 7.71. The molecular formula is C16H21BrO2. The van der Waals surface area contributed by atoms with Gasteiger partial charge in [0.2, 0.25) is 0 Å². The predicted molar refractivity (Wildman–Crippen MR) is 80.8 cm³/mol. The highest BCUT2D eigenvalue weighted by Gasteiger charge is 2.39. The van der Waals surface area contributed by atoms with Gasteiger partial charge in [0.05, 0.1) is 11.1 Å². The minimum absolute atomic E-state index is 0.127. The molecule has 104 valence electrons. The molecule has 3 heteroatoms. The van der Waals surface area contributed by atoms with Crippen LogP contribution in [0.2, 0.25) is 0 Å². The number of carbonyl (C=O) groups excluding carboxylic acids is 1. The molecule has 0 heterocycles. The van der Waals surface area contributed by atoms with Crippen LogP contribution in [0.3, 0.4) is 0 Å². The number of ether oxygens (including phenoxy) is 1. The molecular weight excluding hydrogens is 304 g/mol. The molecule has 1 atom stereocenters. The lowest BCUT2D eigenvalue weighted by molar-refractivity contribution is 0.0839. The summed E-state index contributed by atoms with van der Waals surface area (Å²) >= 11 is 3.48. The minimum atomic E-state index is 0.127. The second kappa shape index (κ2) is 5.66. The Morgan fingerprint density at radius 2 is 2.21 bits per heavy atom. The van der Waals surface area contributed by atoms with Crippen LogP contribution >= 0.6 is 15.9 Å². The van der Waals surface area contributed by atoms with E-state index in [4.69, 9.17) is 4.74 Å². The van der Waals surface area contributed by atoms with Gasteiger partial charge in [0.15, 0.2) is 5.78 Å². The smallest absolute Gasteiger partial charge is 0.166 e. The average molecular weight is 325 g/mol. The summed E-state index contributed by atoms with van der Waals surface area (Å²) in [5.41, 5.74) is 0.914. The van der Waals surface area contributed by atoms with Crippen molar-refractivity contribution < 1.29 is 9.53 Å². The number of benzene rings is 1. The van der Waals surface area contributed by atoms with Crippen molar-refractivity contribution in [2.24, 2.45) is 11.3 Å². The lowest BCUT2D eigenvalue weighted by Gasteiger charge is -2.25. The van der Waals surface area contributed by atoms with Crippen LogP contribution in [0.5, 0.6) is 5.75 Å². The van der Waals surface area contributed by atoms with Crippen molar-refractivity contribution in [3.63, 3.8) is 0 Å². The molecule has 2 rings (SSSR count). The number of rotatable bonds is 4. The van der Waals surface area contributed by atoms with E-state index in [1.54, 1.807) is 0 Å². The number of carbonyl (C=O) groups is 1. The number of hydrogen-bond donors (Lipinski definition) is 0. The maximum Gasteiger partial charge on any atom is 0.166 e. The van der Waals surface area contributed by atoms with Crippen molar-refractivity contribution in [2.45, 2.75) is 40.0 Å². The van der Waals surface area contributed by atoms with Crippen molar-refractivity contribution in [1.29, 1.82) is 0 Å². The quantitative estimate of drug-likeness (QED) is 0.739. The highest BCUT2D eigenvalue weighted by atomic mass is 79.9. The SMILES string of the molecule is CCOc1ccc(C(=O)C2CCCC2(C)C)cc1Br. The molecule has 0 N–H and O–H groups in total. The zero-order valence-corrected chi connectivity index (χ0v) is 13.4. The highest BCUT2D eigenvalue weighted by Crippen LogP contribution is 2.44. The number of halogens is 1. The normalized spacial score (nSPS) is 21.4. The van der Waals surface area contributed by atoms with Crippen molar-refractivity contribution in [2.75, 3.05) is 6.61 Å². The summed E-state index contributed by atoms with van der Waals surface area (Å²) in [4.78, 5) is 12.6. The molecule has 2 nitrogen and oxygen atoms in total. The van der Waals surface area contributed by atoms with Gasteiger partial charge in [-0.3, -0.25) is 4.79 Å². The summed E-state index contributed by atoms with van der Waals surface area (Å²) in [6, 6.07) is 5.65. The van der Waals surface area contributed by atoms with E-state index >= 15 is 0 Å². The Hall–Kier alpha value is -0.830. The second-order valence-corrected chi connectivity index (χ2v) is 6.73. The third-order valence-corrected chi connectivity index (χ3v) is 4.71. The molecule has 0 bridgehead atoms. The van der Waals surface area contributed by atoms with E-state index in [2.05, 4.69) is 29.8 Å². The Labute approximate surface area is 123 Å². The predicted octanol–water partition coefficient (Wildman–Crippen LogP) is 4.86. The van der Waals surface area contributed by atoms with Crippen LogP contribution in [0.4, 0.5) is 0 Å². The topological polar surface area (TPSA) is 26.3 Å². The van der Waals surface area contributed by atoms with Gasteiger partial charge in [-0.25, -0.2) is 0 Å². The molecule has 1 saturated carbocycles. The van der Waals surface area contributed by atoms with E-state index in [1.165, 1.54) is 0 Å². The maximum absolute atomic E-state index is 12.6. The largest absolute Gasteiger partial charge is 0.493 e. The third-order valence-electron chi connectivity index (χ3n) is 4.09. The third kappa shape index (κ3) is 3.02. The molecule has 1 aromatic carbocycles. The van der Waals surface area contributed by atoms with Crippen LogP contribution < -0.4 is 4.74 Å². The number of ketones is 1. The first-order chi connectivity index (χ1) is 8.95. The molecule has 1 aliphatic carbocycles. The van der Waals surface area contributed by atoms with Gasteiger partial charge in [0.25, 0.3) is 0 Å². The van der Waals surface area contributed by atoms with Crippen LogP contribution in [0.25, 0.3) is 0 Å². The van der Waals surface area contributed by atoms with Crippen LogP contribution in [0.15, 0.2) is 22.7 Å². The lowest BCUT2D eigenvalue weighted by atomic mass is 9.78. The van der Waals surface area contributed by atoms with Gasteiger partial charge < -0.3 is 4.74 Å². The van der Waals surface area contributed by atoms with Crippen LogP contribution in [-0.4, -0.2) is 12.4 Å². The summed E-state index contributed by atoms with van der Waals surface area (Å²) < 4.78 is 6.34. The number of hydrogen-bond acceptors (Lipinski definition) is 2. The zero-order chi connectivity index (χ0) is 14.0. The van der Waals surface area contributed by atoms with E-state index < -0.39 is 0 Å². The van der Waals surface area contributed by atoms with Gasteiger partial charge >= 0.3 is 0 Å². The van der Waals surface area contributed by atoms with Crippen molar-refractivity contribution in [3.05, 3.63) is 28.2 Å². The molecule has 1 fully saturated rings. The van der Waals surface area contributed by atoms with Gasteiger partial charge in [-0.15, -0.1) is 0 Å². The summed E-state index contributed by atoms with van der Waals surface area (Å²) in [6.45, 7) is 6.98. The van der Waals surface area contributed by atoms with Crippen molar-refractivity contribution in [1.82, 2.24) is 0 Å². The molecule has 0 spiro atoms. The molecule has 0 saturated heterocycles. The Bertz CT molecular complexity index is 480. The van der Waals surface area contributed by atoms with E-state index in [1.807, 2.05) is 25.1 Å². The highest BCUT2D eigenvalue weighted by molar-refractivity contribution is 9.10. The fourth-order valence-electron chi connectivity index (χ4n) is 2.94. The summed E-state index contributed by atoms with van der Waals surface area (Å²) in [5, 5.41) is 0. The average Bonchev–Trinajstić information content (AvgIpc) is 2.71.